The molecular weight excluding hydrogens is 312 g/mol. The van der Waals surface area contributed by atoms with Gasteiger partial charge in [0.05, 0.1) is 20.3 Å². The standard InChI is InChI=1S/C22H26O3/c1-24-15-9-7-14(8-10-15)21-19-6-4-3-5-17(19)18-12-11-16(25-2)13-20(18)22(21)23/h7-13,17,19,21-23H,3-6H2,1-2H3. The lowest BCUT2D eigenvalue weighted by Crippen LogP contribution is -2.33. The maximum atomic E-state index is 11.3. The molecule has 0 spiro atoms. The van der Waals surface area contributed by atoms with Crippen LogP contribution in [0.3, 0.4) is 0 Å². The summed E-state index contributed by atoms with van der Waals surface area (Å²) in [7, 11) is 3.37. The zero-order chi connectivity index (χ0) is 17.4. The van der Waals surface area contributed by atoms with Gasteiger partial charge in [0.2, 0.25) is 0 Å². The number of aliphatic hydroxyl groups excluding tert-OH is 1. The van der Waals surface area contributed by atoms with E-state index in [0.717, 1.165) is 17.1 Å². The second-order valence-electron chi connectivity index (χ2n) is 7.29. The summed E-state index contributed by atoms with van der Waals surface area (Å²) in [4.78, 5) is 0. The Balaban J connectivity index is 1.79. The summed E-state index contributed by atoms with van der Waals surface area (Å²) in [6.07, 6.45) is 4.44. The fraction of sp³-hybridized carbons (Fsp3) is 0.455. The molecule has 0 aromatic heterocycles. The first-order valence-electron chi connectivity index (χ1n) is 9.22. The molecule has 1 saturated carbocycles. The minimum Gasteiger partial charge on any atom is -0.497 e. The minimum absolute atomic E-state index is 0.135. The van der Waals surface area contributed by atoms with E-state index in [2.05, 4.69) is 18.2 Å². The molecule has 0 amide bonds. The van der Waals surface area contributed by atoms with Crippen LogP contribution in [-0.4, -0.2) is 19.3 Å². The molecule has 1 N–H and O–H groups in total. The molecule has 0 heterocycles. The first-order valence-corrected chi connectivity index (χ1v) is 9.22. The monoisotopic (exact) mass is 338 g/mol. The van der Waals surface area contributed by atoms with Crippen molar-refractivity contribution < 1.29 is 14.6 Å². The lowest BCUT2D eigenvalue weighted by Gasteiger charge is -2.45. The normalized spacial score (nSPS) is 28.0. The maximum absolute atomic E-state index is 11.3. The van der Waals surface area contributed by atoms with E-state index in [0.29, 0.717) is 11.8 Å². The zero-order valence-electron chi connectivity index (χ0n) is 14.9. The van der Waals surface area contributed by atoms with E-state index in [1.807, 2.05) is 24.3 Å². The Morgan fingerprint density at radius 1 is 0.840 bits per heavy atom. The number of ether oxygens (including phenoxy) is 2. The molecule has 3 heteroatoms. The third-order valence-electron chi connectivity index (χ3n) is 6.13. The zero-order valence-corrected chi connectivity index (χ0v) is 14.9. The van der Waals surface area contributed by atoms with Crippen molar-refractivity contribution in [2.75, 3.05) is 14.2 Å². The van der Waals surface area contributed by atoms with Crippen molar-refractivity contribution in [2.45, 2.75) is 43.6 Å². The second kappa shape index (κ2) is 6.72. The molecular formula is C22H26O3. The summed E-state index contributed by atoms with van der Waals surface area (Å²) in [5, 5.41) is 11.3. The summed E-state index contributed by atoms with van der Waals surface area (Å²) < 4.78 is 10.7. The van der Waals surface area contributed by atoms with E-state index >= 15 is 0 Å². The smallest absolute Gasteiger partial charge is 0.119 e. The highest BCUT2D eigenvalue weighted by atomic mass is 16.5. The summed E-state index contributed by atoms with van der Waals surface area (Å²) in [6, 6.07) is 14.5. The topological polar surface area (TPSA) is 38.7 Å². The van der Waals surface area contributed by atoms with Gasteiger partial charge >= 0.3 is 0 Å². The lowest BCUT2D eigenvalue weighted by atomic mass is 9.60. The van der Waals surface area contributed by atoms with E-state index in [-0.39, 0.29) is 5.92 Å². The van der Waals surface area contributed by atoms with Crippen LogP contribution in [0.15, 0.2) is 42.5 Å². The highest BCUT2D eigenvalue weighted by molar-refractivity contribution is 5.45. The first-order chi connectivity index (χ1) is 12.2. The van der Waals surface area contributed by atoms with E-state index in [1.54, 1.807) is 14.2 Å². The van der Waals surface area contributed by atoms with Crippen LogP contribution in [0.2, 0.25) is 0 Å². The van der Waals surface area contributed by atoms with Gasteiger partial charge in [0.15, 0.2) is 0 Å². The molecule has 4 rings (SSSR count). The summed E-state index contributed by atoms with van der Waals surface area (Å²) >= 11 is 0. The maximum Gasteiger partial charge on any atom is 0.119 e. The number of methoxy groups -OCH3 is 2. The van der Waals surface area contributed by atoms with E-state index in [1.165, 1.54) is 36.8 Å². The van der Waals surface area contributed by atoms with E-state index in [9.17, 15) is 5.11 Å². The molecule has 1 fully saturated rings. The van der Waals surface area contributed by atoms with Gasteiger partial charge in [-0.2, -0.15) is 0 Å². The van der Waals surface area contributed by atoms with Crippen LogP contribution in [0.4, 0.5) is 0 Å². The lowest BCUT2D eigenvalue weighted by molar-refractivity contribution is 0.0751. The first kappa shape index (κ1) is 16.5. The minimum atomic E-state index is -0.488. The van der Waals surface area contributed by atoms with Crippen molar-refractivity contribution >= 4 is 0 Å². The van der Waals surface area contributed by atoms with Crippen LogP contribution in [0.1, 0.15) is 60.3 Å². The Labute approximate surface area is 149 Å². The predicted molar refractivity (Wildman–Crippen MR) is 98.4 cm³/mol. The summed E-state index contributed by atoms with van der Waals surface area (Å²) in [5.41, 5.74) is 3.57. The van der Waals surface area contributed by atoms with Crippen LogP contribution in [-0.2, 0) is 0 Å². The fourth-order valence-electron chi connectivity index (χ4n) is 4.93. The molecule has 3 nitrogen and oxygen atoms in total. The van der Waals surface area contributed by atoms with Crippen molar-refractivity contribution in [1.82, 2.24) is 0 Å². The van der Waals surface area contributed by atoms with Gasteiger partial charge < -0.3 is 14.6 Å². The molecule has 0 saturated heterocycles. The Morgan fingerprint density at radius 3 is 2.24 bits per heavy atom. The van der Waals surface area contributed by atoms with Gasteiger partial charge in [0, 0.05) is 5.92 Å². The molecule has 2 aliphatic carbocycles. The number of hydrogen-bond donors (Lipinski definition) is 1. The van der Waals surface area contributed by atoms with Gasteiger partial charge in [-0.05, 0) is 65.6 Å². The van der Waals surface area contributed by atoms with Gasteiger partial charge in [0.1, 0.15) is 11.5 Å². The Hall–Kier alpha value is -2.00. The SMILES string of the molecule is COc1ccc(C2C(O)c3cc(OC)ccc3C3CCCCC32)cc1. The van der Waals surface area contributed by atoms with Gasteiger partial charge in [-0.25, -0.2) is 0 Å². The third kappa shape index (κ3) is 2.81. The van der Waals surface area contributed by atoms with Gasteiger partial charge in [-0.15, -0.1) is 0 Å². The van der Waals surface area contributed by atoms with Crippen LogP contribution >= 0.6 is 0 Å². The average Bonchev–Trinajstić information content (AvgIpc) is 2.68. The summed E-state index contributed by atoms with van der Waals surface area (Å²) in [6.45, 7) is 0. The van der Waals surface area contributed by atoms with Crippen molar-refractivity contribution in [1.29, 1.82) is 0 Å². The van der Waals surface area contributed by atoms with E-state index < -0.39 is 6.10 Å². The summed E-state index contributed by atoms with van der Waals surface area (Å²) in [5.74, 6) is 2.84. The molecule has 0 bridgehead atoms. The number of benzene rings is 2. The quantitative estimate of drug-likeness (QED) is 0.873. The Morgan fingerprint density at radius 2 is 1.52 bits per heavy atom. The third-order valence-corrected chi connectivity index (χ3v) is 6.13. The molecule has 4 unspecified atom stereocenters. The van der Waals surface area contributed by atoms with Crippen molar-refractivity contribution in [3.63, 3.8) is 0 Å². The molecule has 2 aromatic carbocycles. The average molecular weight is 338 g/mol. The predicted octanol–water partition coefficient (Wildman–Crippen LogP) is 4.81. The molecule has 132 valence electrons. The fourth-order valence-corrected chi connectivity index (χ4v) is 4.93. The molecule has 2 aliphatic rings. The van der Waals surface area contributed by atoms with E-state index in [4.69, 9.17) is 9.47 Å². The Bertz CT molecular complexity index is 737. The number of aliphatic hydroxyl groups is 1. The number of hydrogen-bond acceptors (Lipinski definition) is 3. The van der Waals surface area contributed by atoms with Crippen molar-refractivity contribution in [3.8, 4) is 11.5 Å². The molecule has 0 aliphatic heterocycles. The van der Waals surface area contributed by atoms with Crippen molar-refractivity contribution in [3.05, 3.63) is 59.2 Å². The van der Waals surface area contributed by atoms with Crippen LogP contribution in [0.5, 0.6) is 11.5 Å². The van der Waals surface area contributed by atoms with Crippen LogP contribution in [0, 0.1) is 5.92 Å². The van der Waals surface area contributed by atoms with Crippen LogP contribution < -0.4 is 9.47 Å². The molecule has 0 radical (unpaired) electrons. The highest BCUT2D eigenvalue weighted by Gasteiger charge is 2.43. The highest BCUT2D eigenvalue weighted by Crippen LogP contribution is 2.55. The van der Waals surface area contributed by atoms with Gasteiger partial charge in [-0.1, -0.05) is 31.0 Å². The largest absolute Gasteiger partial charge is 0.497 e. The number of rotatable bonds is 3. The molecule has 4 atom stereocenters. The van der Waals surface area contributed by atoms with Crippen LogP contribution in [0.25, 0.3) is 0 Å². The second-order valence-corrected chi connectivity index (χ2v) is 7.29. The Kier molecular flexibility index (Phi) is 4.43. The molecule has 25 heavy (non-hydrogen) atoms. The number of fused-ring (bicyclic) bond motifs is 3. The van der Waals surface area contributed by atoms with Crippen molar-refractivity contribution in [2.24, 2.45) is 5.92 Å². The molecule has 2 aromatic rings. The van der Waals surface area contributed by atoms with Gasteiger partial charge in [-0.3, -0.25) is 0 Å². The van der Waals surface area contributed by atoms with Gasteiger partial charge in [0.25, 0.3) is 0 Å².